The molecule has 3 aliphatic rings. The second kappa shape index (κ2) is 12.7. The van der Waals surface area contributed by atoms with Crippen LogP contribution in [0.15, 0.2) is 23.8 Å². The Morgan fingerprint density at radius 2 is 1.73 bits per heavy atom. The Bertz CT molecular complexity index is 1040. The monoisotopic (exact) mass is 589 g/mol. The van der Waals surface area contributed by atoms with Gasteiger partial charge in [0, 0.05) is 32.9 Å². The molecule has 1 heterocycles. The van der Waals surface area contributed by atoms with E-state index in [9.17, 15) is 14.4 Å². The summed E-state index contributed by atoms with van der Waals surface area (Å²) in [6.45, 7) is 19.1. The topological polar surface area (TPSA) is 82.1 Å². The predicted molar refractivity (Wildman–Crippen MR) is 165 cm³/mol. The van der Waals surface area contributed by atoms with Crippen molar-refractivity contribution in [1.82, 2.24) is 4.90 Å². The molecule has 0 bridgehead atoms. The van der Waals surface area contributed by atoms with E-state index in [0.29, 0.717) is 12.3 Å². The number of hydrogen-bond acceptors (Lipinski definition) is 6. The second-order valence-corrected chi connectivity index (χ2v) is 20.0. The van der Waals surface area contributed by atoms with Crippen molar-refractivity contribution in [1.29, 1.82) is 0 Å². The lowest BCUT2D eigenvalue weighted by atomic mass is 9.65. The summed E-state index contributed by atoms with van der Waals surface area (Å²) in [4.78, 5) is 39.9. The van der Waals surface area contributed by atoms with Crippen molar-refractivity contribution in [2.75, 3.05) is 14.1 Å². The van der Waals surface area contributed by atoms with E-state index < -0.39 is 13.7 Å². The third-order valence-corrected chi connectivity index (χ3v) is 14.3. The van der Waals surface area contributed by atoms with E-state index in [1.54, 1.807) is 27.9 Å². The van der Waals surface area contributed by atoms with Crippen LogP contribution in [0.5, 0.6) is 0 Å². The molecule has 0 saturated carbocycles. The third kappa shape index (κ3) is 8.34. The maximum atomic E-state index is 13.4. The van der Waals surface area contributed by atoms with E-state index in [4.69, 9.17) is 13.9 Å². The van der Waals surface area contributed by atoms with Gasteiger partial charge < -0.3 is 18.8 Å². The zero-order valence-corrected chi connectivity index (χ0v) is 28.4. The Hall–Kier alpha value is -1.93. The normalized spacial score (nSPS) is 30.7. The maximum Gasteiger partial charge on any atom is 0.312 e. The zero-order chi connectivity index (χ0) is 30.9. The number of esters is 2. The van der Waals surface area contributed by atoms with Gasteiger partial charge in [-0.2, -0.15) is 0 Å². The Labute approximate surface area is 249 Å². The Kier molecular flexibility index (Phi) is 10.4. The lowest BCUT2D eigenvalue weighted by Gasteiger charge is -2.44. The quantitative estimate of drug-likeness (QED) is 0.220. The number of nitrogens with zero attached hydrogens (tertiary/aromatic N) is 1. The Morgan fingerprint density at radius 3 is 2.34 bits per heavy atom. The Morgan fingerprint density at radius 1 is 1.07 bits per heavy atom. The number of hydrogen-bond donors (Lipinski definition) is 0. The molecule has 0 aromatic rings. The van der Waals surface area contributed by atoms with Crippen molar-refractivity contribution in [2.24, 2.45) is 29.1 Å². The number of rotatable bonds is 9. The summed E-state index contributed by atoms with van der Waals surface area (Å²) < 4.78 is 18.7. The average molecular weight is 590 g/mol. The van der Waals surface area contributed by atoms with Gasteiger partial charge in [0.05, 0.1) is 17.9 Å². The predicted octanol–water partition coefficient (Wildman–Crippen LogP) is 6.68. The number of carbonyl (C=O) groups excluding carboxylic acids is 3. The highest BCUT2D eigenvalue weighted by Gasteiger charge is 2.45. The number of amides is 1. The van der Waals surface area contributed by atoms with Crippen LogP contribution in [-0.4, -0.2) is 63.5 Å². The minimum absolute atomic E-state index is 0.0778. The van der Waals surface area contributed by atoms with Crippen molar-refractivity contribution in [3.8, 4) is 0 Å². The standard InChI is InChI=1S/C33H55NO6Si/c1-21-16-23-13-12-22(2)26(30(23)27(17-21)39-31(37)33(6,7)20-28(35)34(8)9)15-14-24-18-25(19-29(36)38-24)40-41(10,11)32(3,4)5/h12-13,16,21-22,24-27,30H,14-15,17-20H2,1-11H3/t21-,22-,24+,25+,26-,27-,30?/m0/s1. The van der Waals surface area contributed by atoms with Crippen LogP contribution in [0.1, 0.15) is 87.0 Å². The molecule has 7 atom stereocenters. The smallest absolute Gasteiger partial charge is 0.312 e. The van der Waals surface area contributed by atoms with Crippen molar-refractivity contribution in [2.45, 2.75) is 123 Å². The summed E-state index contributed by atoms with van der Waals surface area (Å²) in [6.07, 6.45) is 9.80. The van der Waals surface area contributed by atoms with E-state index in [1.807, 2.05) is 0 Å². The molecule has 0 aromatic carbocycles. The average Bonchev–Trinajstić information content (AvgIpc) is 2.81. The van der Waals surface area contributed by atoms with Crippen LogP contribution in [0.2, 0.25) is 18.1 Å². The first-order valence-electron chi connectivity index (χ1n) is 15.5. The van der Waals surface area contributed by atoms with Gasteiger partial charge in [0.25, 0.3) is 0 Å². The zero-order valence-electron chi connectivity index (χ0n) is 27.4. The first-order valence-corrected chi connectivity index (χ1v) is 18.4. The highest BCUT2D eigenvalue weighted by atomic mass is 28.4. The lowest BCUT2D eigenvalue weighted by Crippen LogP contribution is -2.47. The molecule has 232 valence electrons. The molecule has 0 radical (unpaired) electrons. The van der Waals surface area contributed by atoms with Crippen molar-refractivity contribution in [3.63, 3.8) is 0 Å². The molecular formula is C33H55NO6Si. The fourth-order valence-electron chi connectivity index (χ4n) is 6.21. The summed E-state index contributed by atoms with van der Waals surface area (Å²) in [6, 6.07) is 0. The molecule has 0 spiro atoms. The number of cyclic esters (lactones) is 1. The van der Waals surface area contributed by atoms with Gasteiger partial charge >= 0.3 is 11.9 Å². The number of allylic oxidation sites excluding steroid dienone is 3. The molecule has 1 fully saturated rings. The largest absolute Gasteiger partial charge is 0.462 e. The van der Waals surface area contributed by atoms with Crippen LogP contribution >= 0.6 is 0 Å². The minimum Gasteiger partial charge on any atom is -0.462 e. The molecule has 41 heavy (non-hydrogen) atoms. The van der Waals surface area contributed by atoms with E-state index in [2.05, 4.69) is 65.9 Å². The van der Waals surface area contributed by atoms with Crippen LogP contribution in [0, 0.1) is 29.1 Å². The first-order chi connectivity index (χ1) is 18.8. The molecule has 0 N–H and O–H groups in total. The van der Waals surface area contributed by atoms with Gasteiger partial charge in [0.2, 0.25) is 5.91 Å². The summed E-state index contributed by atoms with van der Waals surface area (Å²) >= 11 is 0. The van der Waals surface area contributed by atoms with Crippen molar-refractivity contribution >= 4 is 26.2 Å². The molecular weight excluding hydrogens is 534 g/mol. The molecule has 8 heteroatoms. The van der Waals surface area contributed by atoms with Gasteiger partial charge in [-0.3, -0.25) is 14.4 Å². The fourth-order valence-corrected chi connectivity index (χ4v) is 7.58. The Balaban J connectivity index is 1.73. The SMILES string of the molecule is C[C@H]1C=C2C=C[C@H](C)[C@H](CC[C@@H]3C[C@@H](O[Si](C)(C)C(C)(C)C)CC(=O)O3)C2[C@@H](OC(=O)C(C)(C)CC(=O)N(C)C)C1. The van der Waals surface area contributed by atoms with E-state index in [-0.39, 0.29) is 65.4 Å². The maximum absolute atomic E-state index is 13.4. The van der Waals surface area contributed by atoms with Crippen molar-refractivity contribution in [3.05, 3.63) is 23.8 Å². The third-order valence-electron chi connectivity index (χ3n) is 9.81. The van der Waals surface area contributed by atoms with Crippen LogP contribution in [0.25, 0.3) is 0 Å². The van der Waals surface area contributed by atoms with Crippen LogP contribution in [0.3, 0.4) is 0 Å². The van der Waals surface area contributed by atoms with E-state index in [0.717, 1.165) is 25.7 Å². The highest BCUT2D eigenvalue weighted by molar-refractivity contribution is 6.74. The fraction of sp³-hybridized carbons (Fsp3) is 0.788. The summed E-state index contributed by atoms with van der Waals surface area (Å²) in [5.41, 5.74) is 0.319. The van der Waals surface area contributed by atoms with E-state index in [1.165, 1.54) is 10.5 Å². The van der Waals surface area contributed by atoms with Gasteiger partial charge in [0.15, 0.2) is 8.32 Å². The number of fused-ring (bicyclic) bond motifs is 1. The molecule has 1 amide bonds. The minimum atomic E-state index is -2.00. The molecule has 3 rings (SSSR count). The second-order valence-electron chi connectivity index (χ2n) is 15.2. The molecule has 0 aromatic heterocycles. The molecule has 7 nitrogen and oxygen atoms in total. The molecule has 2 aliphatic carbocycles. The van der Waals surface area contributed by atoms with Gasteiger partial charge in [-0.05, 0) is 74.6 Å². The van der Waals surface area contributed by atoms with Gasteiger partial charge in [-0.1, -0.05) is 52.8 Å². The van der Waals surface area contributed by atoms with Gasteiger partial charge in [-0.15, -0.1) is 0 Å². The molecule has 1 aliphatic heterocycles. The molecule has 1 saturated heterocycles. The molecule has 1 unspecified atom stereocenters. The van der Waals surface area contributed by atoms with Crippen molar-refractivity contribution < 1.29 is 28.3 Å². The lowest BCUT2D eigenvalue weighted by molar-refractivity contribution is -0.167. The van der Waals surface area contributed by atoms with Gasteiger partial charge in [0.1, 0.15) is 12.2 Å². The summed E-state index contributed by atoms with van der Waals surface area (Å²) in [5, 5.41) is 0.0787. The number of ether oxygens (including phenoxy) is 2. The first kappa shape index (κ1) is 33.6. The van der Waals surface area contributed by atoms with Crippen LogP contribution < -0.4 is 0 Å². The number of carbonyl (C=O) groups is 3. The van der Waals surface area contributed by atoms with Gasteiger partial charge in [-0.25, -0.2) is 0 Å². The van der Waals surface area contributed by atoms with Crippen LogP contribution in [0.4, 0.5) is 0 Å². The summed E-state index contributed by atoms with van der Waals surface area (Å²) in [7, 11) is 1.41. The van der Waals surface area contributed by atoms with E-state index >= 15 is 0 Å². The summed E-state index contributed by atoms with van der Waals surface area (Å²) in [5.74, 6) is 0.339. The highest BCUT2D eigenvalue weighted by Crippen LogP contribution is 2.46. The van der Waals surface area contributed by atoms with Crippen LogP contribution in [-0.2, 0) is 28.3 Å².